The van der Waals surface area contributed by atoms with Gasteiger partial charge in [-0.05, 0) is 55.5 Å². The minimum absolute atomic E-state index is 0.0229. The van der Waals surface area contributed by atoms with Gasteiger partial charge in [0.25, 0.3) is 10.0 Å². The largest absolute Gasteiger partial charge is 0.497 e. The lowest BCUT2D eigenvalue weighted by atomic mass is 10.3. The lowest BCUT2D eigenvalue weighted by Gasteiger charge is -2.26. The molecule has 0 fully saturated rings. The van der Waals surface area contributed by atoms with Crippen molar-refractivity contribution in [3.8, 4) is 11.5 Å². The second-order valence-corrected chi connectivity index (χ2v) is 10.0. The van der Waals surface area contributed by atoms with E-state index in [0.717, 1.165) is 4.31 Å². The Morgan fingerprint density at radius 3 is 2.26 bits per heavy atom. The Hall–Kier alpha value is -2.94. The Labute approximate surface area is 209 Å². The summed E-state index contributed by atoms with van der Waals surface area (Å²) in [5, 5.41) is 2.97. The summed E-state index contributed by atoms with van der Waals surface area (Å²) in [5.41, 5.74) is 0.107. The van der Waals surface area contributed by atoms with Crippen molar-refractivity contribution < 1.29 is 22.7 Å². The van der Waals surface area contributed by atoms with Gasteiger partial charge in [-0.2, -0.15) is 0 Å². The summed E-state index contributed by atoms with van der Waals surface area (Å²) in [6, 6.07) is 19.0. The number of rotatable bonds is 10. The zero-order chi connectivity index (χ0) is 24.7. The van der Waals surface area contributed by atoms with E-state index in [-0.39, 0.29) is 27.2 Å². The van der Waals surface area contributed by atoms with Crippen LogP contribution in [0, 0.1) is 0 Å². The average molecular weight is 523 g/mol. The van der Waals surface area contributed by atoms with Crippen molar-refractivity contribution in [2.75, 3.05) is 24.6 Å². The van der Waals surface area contributed by atoms with Crippen LogP contribution in [-0.2, 0) is 14.8 Å². The van der Waals surface area contributed by atoms with Gasteiger partial charge in [0, 0.05) is 0 Å². The maximum Gasteiger partial charge on any atom is 0.264 e. The standard InChI is InChI=1S/C24H24Cl2N2O5S/c1-17(16-33-19-13-11-18(32-2)12-14-19)27-23(29)15-28(22-10-6-9-21(25)24(22)26)34(30,31)20-7-4-3-5-8-20/h3-14,17H,15-16H2,1-2H3,(H,27,29). The molecule has 0 bridgehead atoms. The van der Waals surface area contributed by atoms with Gasteiger partial charge in [0.1, 0.15) is 24.7 Å². The van der Waals surface area contributed by atoms with Crippen molar-refractivity contribution in [3.05, 3.63) is 82.8 Å². The number of anilines is 1. The molecule has 0 radical (unpaired) electrons. The van der Waals surface area contributed by atoms with E-state index >= 15 is 0 Å². The highest BCUT2D eigenvalue weighted by Gasteiger charge is 2.29. The molecule has 0 aromatic heterocycles. The van der Waals surface area contributed by atoms with Gasteiger partial charge < -0.3 is 14.8 Å². The number of sulfonamides is 1. The Bertz CT molecular complexity index is 1220. The summed E-state index contributed by atoms with van der Waals surface area (Å²) in [6.07, 6.45) is 0. The molecular weight excluding hydrogens is 499 g/mol. The van der Waals surface area contributed by atoms with Crippen LogP contribution in [0.5, 0.6) is 11.5 Å². The summed E-state index contributed by atoms with van der Waals surface area (Å²) >= 11 is 12.4. The molecule has 0 aliphatic heterocycles. The monoisotopic (exact) mass is 522 g/mol. The summed E-state index contributed by atoms with van der Waals surface area (Å²) < 4.78 is 38.5. The number of hydrogen-bond donors (Lipinski definition) is 1. The van der Waals surface area contributed by atoms with Gasteiger partial charge in [0.05, 0.1) is 33.8 Å². The van der Waals surface area contributed by atoms with Gasteiger partial charge in [0.2, 0.25) is 5.91 Å². The van der Waals surface area contributed by atoms with Crippen LogP contribution in [0.2, 0.25) is 10.0 Å². The van der Waals surface area contributed by atoms with Crippen LogP contribution < -0.4 is 19.1 Å². The molecule has 0 heterocycles. The summed E-state index contributed by atoms with van der Waals surface area (Å²) in [5.74, 6) is 0.787. The van der Waals surface area contributed by atoms with E-state index in [4.69, 9.17) is 32.7 Å². The van der Waals surface area contributed by atoms with Crippen molar-refractivity contribution in [1.82, 2.24) is 5.32 Å². The zero-order valence-electron chi connectivity index (χ0n) is 18.6. The fraction of sp³-hybridized carbons (Fsp3) is 0.208. The third-order valence-corrected chi connectivity index (χ3v) is 7.37. The summed E-state index contributed by atoms with van der Waals surface area (Å²) in [4.78, 5) is 12.9. The Morgan fingerprint density at radius 2 is 1.62 bits per heavy atom. The van der Waals surface area contributed by atoms with E-state index in [1.165, 1.54) is 18.2 Å². The SMILES string of the molecule is COc1ccc(OCC(C)NC(=O)CN(c2cccc(Cl)c2Cl)S(=O)(=O)c2ccccc2)cc1. The number of benzene rings is 3. The number of ether oxygens (including phenoxy) is 2. The fourth-order valence-corrected chi connectivity index (χ4v) is 4.99. The van der Waals surface area contributed by atoms with E-state index in [1.54, 1.807) is 68.6 Å². The van der Waals surface area contributed by atoms with Gasteiger partial charge in [-0.15, -0.1) is 0 Å². The minimum Gasteiger partial charge on any atom is -0.497 e. The van der Waals surface area contributed by atoms with Crippen molar-refractivity contribution >= 4 is 44.8 Å². The first-order chi connectivity index (χ1) is 16.2. The van der Waals surface area contributed by atoms with Crippen LogP contribution in [0.1, 0.15) is 6.92 Å². The van der Waals surface area contributed by atoms with Crippen LogP contribution in [0.4, 0.5) is 5.69 Å². The Morgan fingerprint density at radius 1 is 0.971 bits per heavy atom. The highest BCUT2D eigenvalue weighted by molar-refractivity contribution is 7.92. The van der Waals surface area contributed by atoms with Crippen LogP contribution in [0.3, 0.4) is 0 Å². The van der Waals surface area contributed by atoms with Crippen molar-refractivity contribution in [2.24, 2.45) is 0 Å². The highest BCUT2D eigenvalue weighted by atomic mass is 35.5. The highest BCUT2D eigenvalue weighted by Crippen LogP contribution is 2.35. The fourth-order valence-electron chi connectivity index (χ4n) is 3.09. The second kappa shape index (κ2) is 11.5. The molecule has 1 N–H and O–H groups in total. The van der Waals surface area contributed by atoms with Gasteiger partial charge in [0.15, 0.2) is 0 Å². The zero-order valence-corrected chi connectivity index (χ0v) is 20.9. The van der Waals surface area contributed by atoms with Crippen LogP contribution in [0.25, 0.3) is 0 Å². The molecule has 0 spiro atoms. The molecular formula is C24H24Cl2N2O5S. The quantitative estimate of drug-likeness (QED) is 0.414. The Balaban J connectivity index is 1.75. The first-order valence-corrected chi connectivity index (χ1v) is 12.5. The molecule has 3 aromatic rings. The van der Waals surface area contributed by atoms with Crippen molar-refractivity contribution in [1.29, 1.82) is 0 Å². The number of carbonyl (C=O) groups excluding carboxylic acids is 1. The first-order valence-electron chi connectivity index (χ1n) is 10.3. The Kier molecular flexibility index (Phi) is 8.66. The maximum atomic E-state index is 13.4. The molecule has 1 amide bonds. The third-order valence-electron chi connectivity index (χ3n) is 4.79. The van der Waals surface area contributed by atoms with E-state index in [2.05, 4.69) is 5.32 Å². The normalized spacial score (nSPS) is 12.0. The second-order valence-electron chi connectivity index (χ2n) is 7.35. The number of hydrogen-bond acceptors (Lipinski definition) is 5. The molecule has 1 unspecified atom stereocenters. The topological polar surface area (TPSA) is 84.9 Å². The van der Waals surface area contributed by atoms with E-state index < -0.39 is 28.5 Å². The predicted octanol–water partition coefficient (Wildman–Crippen LogP) is 4.78. The lowest BCUT2D eigenvalue weighted by Crippen LogP contribution is -2.45. The summed E-state index contributed by atoms with van der Waals surface area (Å²) in [6.45, 7) is 1.44. The van der Waals surface area contributed by atoms with E-state index in [1.807, 2.05) is 0 Å². The van der Waals surface area contributed by atoms with Gasteiger partial charge in [-0.3, -0.25) is 9.10 Å². The molecule has 7 nitrogen and oxygen atoms in total. The van der Waals surface area contributed by atoms with Gasteiger partial charge >= 0.3 is 0 Å². The molecule has 0 aliphatic carbocycles. The van der Waals surface area contributed by atoms with Crippen LogP contribution >= 0.6 is 23.2 Å². The van der Waals surface area contributed by atoms with E-state index in [0.29, 0.717) is 11.5 Å². The molecule has 10 heteroatoms. The molecule has 180 valence electrons. The van der Waals surface area contributed by atoms with Gasteiger partial charge in [-0.1, -0.05) is 47.5 Å². The summed E-state index contributed by atoms with van der Waals surface area (Å²) in [7, 11) is -2.53. The molecule has 3 rings (SSSR count). The molecule has 1 atom stereocenters. The molecule has 0 saturated heterocycles. The number of amides is 1. The van der Waals surface area contributed by atoms with Crippen LogP contribution in [-0.4, -0.2) is 40.6 Å². The number of halogens is 2. The lowest BCUT2D eigenvalue weighted by molar-refractivity contribution is -0.120. The van der Waals surface area contributed by atoms with Crippen molar-refractivity contribution in [2.45, 2.75) is 17.9 Å². The first kappa shape index (κ1) is 25.7. The van der Waals surface area contributed by atoms with Crippen LogP contribution in [0.15, 0.2) is 77.7 Å². The molecule has 0 aliphatic rings. The predicted molar refractivity (Wildman–Crippen MR) is 134 cm³/mol. The average Bonchev–Trinajstić information content (AvgIpc) is 2.84. The number of nitrogens with one attached hydrogen (secondary N) is 1. The molecule has 3 aromatic carbocycles. The number of carbonyl (C=O) groups is 1. The molecule has 34 heavy (non-hydrogen) atoms. The smallest absolute Gasteiger partial charge is 0.264 e. The van der Waals surface area contributed by atoms with Gasteiger partial charge in [-0.25, -0.2) is 8.42 Å². The number of methoxy groups -OCH3 is 1. The van der Waals surface area contributed by atoms with Crippen molar-refractivity contribution in [3.63, 3.8) is 0 Å². The number of nitrogens with zero attached hydrogens (tertiary/aromatic N) is 1. The van der Waals surface area contributed by atoms with E-state index in [9.17, 15) is 13.2 Å². The third kappa shape index (κ3) is 6.34. The maximum absolute atomic E-state index is 13.4. The minimum atomic E-state index is -4.10. The molecule has 0 saturated carbocycles.